The maximum atomic E-state index is 11.1. The van der Waals surface area contributed by atoms with Gasteiger partial charge in [0.05, 0.1) is 4.90 Å². The molecule has 1 aromatic carbocycles. The van der Waals surface area contributed by atoms with E-state index in [4.69, 9.17) is 17.4 Å². The van der Waals surface area contributed by atoms with Crippen LogP contribution in [0.1, 0.15) is 11.3 Å². The van der Waals surface area contributed by atoms with Gasteiger partial charge in [-0.1, -0.05) is 12.1 Å². The van der Waals surface area contributed by atoms with Gasteiger partial charge in [-0.05, 0) is 43.3 Å². The third-order valence-electron chi connectivity index (χ3n) is 2.81. The molecule has 1 heterocycles. The number of nitrogens with zero attached hydrogens (tertiary/aromatic N) is 1. The molecule has 0 aliphatic heterocycles. The number of aryl methyl sites for hydroxylation is 3. The lowest BCUT2D eigenvalue weighted by atomic mass is 10.1. The van der Waals surface area contributed by atoms with Gasteiger partial charge < -0.3 is 9.55 Å². The Bertz CT molecular complexity index is 727. The fourth-order valence-corrected chi connectivity index (χ4v) is 2.65. The number of H-pyrrole nitrogens is 1. The van der Waals surface area contributed by atoms with Crippen LogP contribution < -0.4 is 5.14 Å². The molecule has 0 saturated heterocycles. The third kappa shape index (κ3) is 3.52. The first-order valence-corrected chi connectivity index (χ1v) is 7.69. The number of hydrogen-bond donors (Lipinski definition) is 2. The van der Waals surface area contributed by atoms with E-state index in [0.29, 0.717) is 4.77 Å². The number of sulfonamides is 1. The molecule has 1 aromatic heterocycles. The van der Waals surface area contributed by atoms with Gasteiger partial charge in [0.25, 0.3) is 0 Å². The maximum Gasteiger partial charge on any atom is 0.238 e. The summed E-state index contributed by atoms with van der Waals surface area (Å²) in [5.41, 5.74) is 2.06. The first kappa shape index (κ1) is 14.0. The molecule has 0 unspecified atom stereocenters. The minimum absolute atomic E-state index is 0.130. The van der Waals surface area contributed by atoms with Crippen LogP contribution in [-0.4, -0.2) is 18.0 Å². The molecule has 19 heavy (non-hydrogen) atoms. The molecule has 0 spiro atoms. The van der Waals surface area contributed by atoms with Gasteiger partial charge in [0.1, 0.15) is 0 Å². The van der Waals surface area contributed by atoms with E-state index in [1.807, 2.05) is 17.7 Å². The highest BCUT2D eigenvalue weighted by Gasteiger charge is 2.06. The quantitative estimate of drug-likeness (QED) is 0.844. The molecule has 0 saturated carbocycles. The topological polar surface area (TPSA) is 80.9 Å². The van der Waals surface area contributed by atoms with Crippen LogP contribution in [-0.2, 0) is 23.0 Å². The summed E-state index contributed by atoms with van der Waals surface area (Å²) < 4.78 is 24.9. The summed E-state index contributed by atoms with van der Waals surface area (Å²) in [5, 5.41) is 5.04. The van der Waals surface area contributed by atoms with Gasteiger partial charge in [-0.15, -0.1) is 0 Å². The number of primary sulfonamides is 1. The van der Waals surface area contributed by atoms with Gasteiger partial charge in [-0.3, -0.25) is 0 Å². The van der Waals surface area contributed by atoms with Crippen molar-refractivity contribution in [3.8, 4) is 0 Å². The van der Waals surface area contributed by atoms with E-state index < -0.39 is 10.0 Å². The van der Waals surface area contributed by atoms with Crippen LogP contribution in [0.2, 0.25) is 0 Å². The molecule has 2 aromatic rings. The summed E-state index contributed by atoms with van der Waals surface area (Å²) in [5.74, 6) is 0. The highest BCUT2D eigenvalue weighted by Crippen LogP contribution is 2.10. The SMILES string of the molecule is Cc1cn(CCc2ccc(S(N)(=O)=O)cc2)c(=S)[nH]1. The zero-order valence-corrected chi connectivity index (χ0v) is 12.1. The molecule has 0 fully saturated rings. The van der Waals surface area contributed by atoms with Crippen molar-refractivity contribution in [3.63, 3.8) is 0 Å². The molecular formula is C12H15N3O2S2. The predicted molar refractivity (Wildman–Crippen MR) is 75.9 cm³/mol. The van der Waals surface area contributed by atoms with Crippen molar-refractivity contribution < 1.29 is 8.42 Å². The molecule has 0 aliphatic rings. The molecular weight excluding hydrogens is 282 g/mol. The van der Waals surface area contributed by atoms with Crippen molar-refractivity contribution in [2.75, 3.05) is 0 Å². The molecule has 3 N–H and O–H groups in total. The lowest BCUT2D eigenvalue weighted by molar-refractivity contribution is 0.597. The molecule has 0 aliphatic carbocycles. The molecule has 0 amide bonds. The highest BCUT2D eigenvalue weighted by atomic mass is 32.2. The van der Waals surface area contributed by atoms with Crippen molar-refractivity contribution in [2.45, 2.75) is 24.8 Å². The van der Waals surface area contributed by atoms with Crippen LogP contribution in [0.5, 0.6) is 0 Å². The fourth-order valence-electron chi connectivity index (χ4n) is 1.83. The highest BCUT2D eigenvalue weighted by molar-refractivity contribution is 7.89. The van der Waals surface area contributed by atoms with E-state index in [-0.39, 0.29) is 4.90 Å². The van der Waals surface area contributed by atoms with E-state index in [1.54, 1.807) is 12.1 Å². The molecule has 102 valence electrons. The summed E-state index contributed by atoms with van der Waals surface area (Å²) in [7, 11) is -3.62. The van der Waals surface area contributed by atoms with Crippen molar-refractivity contribution in [3.05, 3.63) is 46.5 Å². The van der Waals surface area contributed by atoms with Crippen LogP contribution in [0.25, 0.3) is 0 Å². The fraction of sp³-hybridized carbons (Fsp3) is 0.250. The second-order valence-corrected chi connectivity index (χ2v) is 6.32. The van der Waals surface area contributed by atoms with Crippen LogP contribution >= 0.6 is 12.2 Å². The van der Waals surface area contributed by atoms with Crippen LogP contribution in [0.3, 0.4) is 0 Å². The Morgan fingerprint density at radius 3 is 2.42 bits per heavy atom. The van der Waals surface area contributed by atoms with Crippen LogP contribution in [0.4, 0.5) is 0 Å². The Labute approximate surface area is 117 Å². The van der Waals surface area contributed by atoms with Gasteiger partial charge in [0.15, 0.2) is 4.77 Å². The molecule has 0 bridgehead atoms. The zero-order valence-electron chi connectivity index (χ0n) is 10.5. The molecule has 0 atom stereocenters. The van der Waals surface area contributed by atoms with Gasteiger partial charge >= 0.3 is 0 Å². The average molecular weight is 297 g/mol. The lowest BCUT2D eigenvalue weighted by Crippen LogP contribution is -2.12. The molecule has 7 heteroatoms. The number of aromatic nitrogens is 2. The van der Waals surface area contributed by atoms with Crippen LogP contribution in [0, 0.1) is 11.7 Å². The number of rotatable bonds is 4. The van der Waals surface area contributed by atoms with Crippen molar-refractivity contribution in [2.24, 2.45) is 5.14 Å². The number of benzene rings is 1. The first-order valence-electron chi connectivity index (χ1n) is 5.74. The maximum absolute atomic E-state index is 11.1. The second-order valence-electron chi connectivity index (χ2n) is 4.37. The number of nitrogens with two attached hydrogens (primary N) is 1. The Morgan fingerprint density at radius 1 is 1.32 bits per heavy atom. The summed E-state index contributed by atoms with van der Waals surface area (Å²) in [6, 6.07) is 6.57. The number of hydrogen-bond acceptors (Lipinski definition) is 3. The summed E-state index contributed by atoms with van der Waals surface area (Å²) in [4.78, 5) is 3.18. The van der Waals surface area contributed by atoms with Gasteiger partial charge in [0.2, 0.25) is 10.0 Å². The number of imidazole rings is 1. The van der Waals surface area contributed by atoms with E-state index in [0.717, 1.165) is 24.2 Å². The van der Waals surface area contributed by atoms with Gasteiger partial charge in [-0.25, -0.2) is 13.6 Å². The van der Waals surface area contributed by atoms with E-state index >= 15 is 0 Å². The lowest BCUT2D eigenvalue weighted by Gasteiger charge is -2.04. The number of aromatic amines is 1. The number of nitrogens with one attached hydrogen (secondary N) is 1. The largest absolute Gasteiger partial charge is 0.335 e. The molecule has 0 radical (unpaired) electrons. The Hall–Kier alpha value is -1.44. The third-order valence-corrected chi connectivity index (χ3v) is 4.07. The Morgan fingerprint density at radius 2 is 1.95 bits per heavy atom. The molecule has 2 rings (SSSR count). The first-order chi connectivity index (χ1) is 8.86. The van der Waals surface area contributed by atoms with Gasteiger partial charge in [0, 0.05) is 18.4 Å². The van der Waals surface area contributed by atoms with Crippen molar-refractivity contribution in [1.82, 2.24) is 9.55 Å². The Balaban J connectivity index is 2.09. The van der Waals surface area contributed by atoms with Crippen LogP contribution in [0.15, 0.2) is 35.4 Å². The van der Waals surface area contributed by atoms with Crippen molar-refractivity contribution >= 4 is 22.2 Å². The van der Waals surface area contributed by atoms with Crippen molar-refractivity contribution in [1.29, 1.82) is 0 Å². The minimum atomic E-state index is -3.62. The Kier molecular flexibility index (Phi) is 3.88. The summed E-state index contributed by atoms with van der Waals surface area (Å²) in [6.07, 6.45) is 2.73. The second kappa shape index (κ2) is 5.28. The smallest absolute Gasteiger partial charge is 0.238 e. The monoisotopic (exact) mass is 297 g/mol. The van der Waals surface area contributed by atoms with Gasteiger partial charge in [-0.2, -0.15) is 0 Å². The molecule has 5 nitrogen and oxygen atoms in total. The standard InChI is InChI=1S/C12H15N3O2S2/c1-9-8-15(12(18)14-9)7-6-10-2-4-11(5-3-10)19(13,16)17/h2-5,8H,6-7H2,1H3,(H,14,18)(H2,13,16,17). The zero-order chi connectivity index (χ0) is 14.0. The van der Waals surface area contributed by atoms with E-state index in [9.17, 15) is 8.42 Å². The predicted octanol–water partition coefficient (Wildman–Crippen LogP) is 1.74. The van der Waals surface area contributed by atoms with E-state index in [1.165, 1.54) is 12.1 Å². The minimum Gasteiger partial charge on any atom is -0.335 e. The normalized spacial score (nSPS) is 11.7. The van der Waals surface area contributed by atoms with E-state index in [2.05, 4.69) is 4.98 Å². The summed E-state index contributed by atoms with van der Waals surface area (Å²) >= 11 is 5.17. The summed E-state index contributed by atoms with van der Waals surface area (Å²) in [6.45, 7) is 2.70. The average Bonchev–Trinajstić information content (AvgIpc) is 2.65.